The fourth-order valence-electron chi connectivity index (χ4n) is 3.37. The number of hydrogen-bond acceptors (Lipinski definition) is 5. The summed E-state index contributed by atoms with van der Waals surface area (Å²) in [6.45, 7) is 5.26. The number of ether oxygens (including phenoxy) is 1. The summed E-state index contributed by atoms with van der Waals surface area (Å²) in [4.78, 5) is 16.0. The molecular formula is C20H23N5O. The van der Waals surface area contributed by atoms with Crippen molar-refractivity contribution in [2.75, 3.05) is 19.7 Å². The van der Waals surface area contributed by atoms with Gasteiger partial charge in [-0.15, -0.1) is 0 Å². The zero-order chi connectivity index (χ0) is 17.9. The molecule has 2 aromatic heterocycles. The summed E-state index contributed by atoms with van der Waals surface area (Å²) in [5.41, 5.74) is 3.17. The monoisotopic (exact) mass is 349 g/mol. The van der Waals surface area contributed by atoms with Crippen molar-refractivity contribution in [2.45, 2.75) is 19.6 Å². The Bertz CT molecular complexity index is 860. The van der Waals surface area contributed by atoms with Gasteiger partial charge in [0.2, 0.25) is 0 Å². The summed E-state index contributed by atoms with van der Waals surface area (Å²) in [6.07, 6.45) is 5.88. The lowest BCUT2D eigenvalue weighted by atomic mass is 10.2. The van der Waals surface area contributed by atoms with Gasteiger partial charge in [0.25, 0.3) is 0 Å². The van der Waals surface area contributed by atoms with E-state index in [-0.39, 0.29) is 6.10 Å². The van der Waals surface area contributed by atoms with Gasteiger partial charge in [0.05, 0.1) is 12.3 Å². The van der Waals surface area contributed by atoms with Crippen molar-refractivity contribution in [3.63, 3.8) is 0 Å². The molecular weight excluding hydrogens is 326 g/mol. The predicted octanol–water partition coefficient (Wildman–Crippen LogP) is 2.76. The predicted molar refractivity (Wildman–Crippen MR) is 99.4 cm³/mol. The first-order valence-corrected chi connectivity index (χ1v) is 8.89. The smallest absolute Gasteiger partial charge is 0.159 e. The Hall–Kier alpha value is -2.57. The highest BCUT2D eigenvalue weighted by atomic mass is 16.5. The van der Waals surface area contributed by atoms with Gasteiger partial charge in [-0.3, -0.25) is 4.90 Å². The van der Waals surface area contributed by atoms with Gasteiger partial charge in [0.1, 0.15) is 11.9 Å². The van der Waals surface area contributed by atoms with Gasteiger partial charge in [-0.05, 0) is 6.92 Å². The minimum Gasteiger partial charge on any atom is -0.368 e. The van der Waals surface area contributed by atoms with Crippen LogP contribution in [0.1, 0.15) is 23.2 Å². The normalized spacial score (nSPS) is 18.2. The summed E-state index contributed by atoms with van der Waals surface area (Å²) in [5.74, 6) is 1.75. The molecule has 26 heavy (non-hydrogen) atoms. The van der Waals surface area contributed by atoms with Crippen molar-refractivity contribution in [3.8, 4) is 11.4 Å². The van der Waals surface area contributed by atoms with Gasteiger partial charge in [-0.2, -0.15) is 0 Å². The molecule has 6 heteroatoms. The lowest BCUT2D eigenvalue weighted by Crippen LogP contribution is -2.38. The van der Waals surface area contributed by atoms with E-state index in [1.807, 2.05) is 62.9 Å². The van der Waals surface area contributed by atoms with Gasteiger partial charge >= 0.3 is 0 Å². The maximum Gasteiger partial charge on any atom is 0.159 e. The van der Waals surface area contributed by atoms with Crippen molar-refractivity contribution >= 4 is 0 Å². The molecule has 1 unspecified atom stereocenters. The van der Waals surface area contributed by atoms with Crippen LogP contribution in [0, 0.1) is 6.92 Å². The fraction of sp³-hybridized carbons (Fsp3) is 0.350. The minimum atomic E-state index is 0.00644. The van der Waals surface area contributed by atoms with Crippen molar-refractivity contribution in [2.24, 2.45) is 7.05 Å². The van der Waals surface area contributed by atoms with Gasteiger partial charge in [-0.25, -0.2) is 15.0 Å². The molecule has 1 aliphatic rings. The van der Waals surface area contributed by atoms with E-state index in [4.69, 9.17) is 4.74 Å². The summed E-state index contributed by atoms with van der Waals surface area (Å²) >= 11 is 0. The number of imidazole rings is 1. The van der Waals surface area contributed by atoms with Crippen LogP contribution in [0.15, 0.2) is 48.9 Å². The first-order valence-electron chi connectivity index (χ1n) is 8.89. The fourth-order valence-corrected chi connectivity index (χ4v) is 3.37. The molecule has 134 valence electrons. The highest BCUT2D eigenvalue weighted by Crippen LogP contribution is 2.22. The summed E-state index contributed by atoms with van der Waals surface area (Å²) < 4.78 is 8.00. The molecule has 1 atom stereocenters. The molecule has 1 aromatic carbocycles. The number of morpholine rings is 1. The van der Waals surface area contributed by atoms with Gasteiger partial charge in [0, 0.05) is 56.4 Å². The average molecular weight is 349 g/mol. The Morgan fingerprint density at radius 3 is 2.62 bits per heavy atom. The molecule has 6 nitrogen and oxygen atoms in total. The summed E-state index contributed by atoms with van der Waals surface area (Å²) in [5, 5.41) is 0. The topological polar surface area (TPSA) is 56.1 Å². The highest BCUT2D eigenvalue weighted by molar-refractivity contribution is 5.53. The third-order valence-corrected chi connectivity index (χ3v) is 4.61. The zero-order valence-corrected chi connectivity index (χ0v) is 15.2. The maximum absolute atomic E-state index is 5.95. The molecule has 0 N–H and O–H groups in total. The van der Waals surface area contributed by atoms with Crippen LogP contribution in [0.4, 0.5) is 0 Å². The van der Waals surface area contributed by atoms with Crippen LogP contribution in [-0.2, 0) is 18.3 Å². The Labute approximate surface area is 153 Å². The van der Waals surface area contributed by atoms with Gasteiger partial charge in [-0.1, -0.05) is 30.3 Å². The lowest BCUT2D eigenvalue weighted by Gasteiger charge is -2.32. The molecule has 4 rings (SSSR count). The van der Waals surface area contributed by atoms with E-state index in [0.29, 0.717) is 6.61 Å². The van der Waals surface area contributed by atoms with E-state index >= 15 is 0 Å². The number of hydrogen-bond donors (Lipinski definition) is 0. The second-order valence-corrected chi connectivity index (χ2v) is 6.73. The molecule has 0 radical (unpaired) electrons. The second-order valence-electron chi connectivity index (χ2n) is 6.73. The second kappa shape index (κ2) is 7.35. The Morgan fingerprint density at radius 1 is 1.15 bits per heavy atom. The van der Waals surface area contributed by atoms with E-state index in [9.17, 15) is 0 Å². The zero-order valence-electron chi connectivity index (χ0n) is 15.2. The average Bonchev–Trinajstić information content (AvgIpc) is 3.01. The Balaban J connectivity index is 1.43. The lowest BCUT2D eigenvalue weighted by molar-refractivity contribution is -0.0384. The van der Waals surface area contributed by atoms with Gasteiger partial charge in [0.15, 0.2) is 5.82 Å². The minimum absolute atomic E-state index is 0.00644. The number of benzene rings is 1. The largest absolute Gasteiger partial charge is 0.368 e. The molecule has 0 aliphatic carbocycles. The maximum atomic E-state index is 5.95. The molecule has 0 saturated carbocycles. The molecule has 3 heterocycles. The molecule has 0 bridgehead atoms. The van der Waals surface area contributed by atoms with Crippen LogP contribution >= 0.6 is 0 Å². The van der Waals surface area contributed by atoms with E-state index in [0.717, 1.165) is 48.1 Å². The highest BCUT2D eigenvalue weighted by Gasteiger charge is 2.25. The van der Waals surface area contributed by atoms with Crippen molar-refractivity contribution in [1.29, 1.82) is 0 Å². The number of aryl methyl sites for hydroxylation is 2. The Kier molecular flexibility index (Phi) is 4.77. The van der Waals surface area contributed by atoms with Crippen LogP contribution in [0.2, 0.25) is 0 Å². The summed E-state index contributed by atoms with van der Waals surface area (Å²) in [7, 11) is 2.02. The Morgan fingerprint density at radius 2 is 1.92 bits per heavy atom. The van der Waals surface area contributed by atoms with E-state index < -0.39 is 0 Å². The van der Waals surface area contributed by atoms with Crippen LogP contribution in [0.25, 0.3) is 11.4 Å². The number of aromatic nitrogens is 4. The first-order chi connectivity index (χ1) is 12.7. The first kappa shape index (κ1) is 16.9. The van der Waals surface area contributed by atoms with Crippen LogP contribution in [0.5, 0.6) is 0 Å². The standard InChI is InChI=1S/C20H23N5O/c1-15-12-24(2)20(23-15)18-14-25(8-9-26-18)13-16-10-21-19(22-11-16)17-6-4-3-5-7-17/h3-7,10-12,18H,8-9,13-14H2,1-2H3. The van der Waals surface area contributed by atoms with E-state index in [1.165, 1.54) is 0 Å². The van der Waals surface area contributed by atoms with E-state index in [2.05, 4.69) is 24.4 Å². The van der Waals surface area contributed by atoms with Crippen LogP contribution in [-0.4, -0.2) is 44.1 Å². The summed E-state index contributed by atoms with van der Waals surface area (Å²) in [6, 6.07) is 10.0. The number of nitrogens with zero attached hydrogens (tertiary/aromatic N) is 5. The van der Waals surface area contributed by atoms with Crippen LogP contribution < -0.4 is 0 Å². The SMILES string of the molecule is Cc1cn(C)c(C2CN(Cc3cnc(-c4ccccc4)nc3)CCO2)n1. The molecule has 0 spiro atoms. The van der Waals surface area contributed by atoms with Crippen molar-refractivity contribution in [3.05, 3.63) is 66.0 Å². The molecule has 3 aromatic rings. The van der Waals surface area contributed by atoms with E-state index in [1.54, 1.807) is 0 Å². The third kappa shape index (κ3) is 3.66. The molecule has 1 fully saturated rings. The third-order valence-electron chi connectivity index (χ3n) is 4.61. The van der Waals surface area contributed by atoms with Gasteiger partial charge < -0.3 is 9.30 Å². The molecule has 1 aliphatic heterocycles. The number of rotatable bonds is 4. The van der Waals surface area contributed by atoms with Crippen LogP contribution in [0.3, 0.4) is 0 Å². The quantitative estimate of drug-likeness (QED) is 0.725. The van der Waals surface area contributed by atoms with Crippen molar-refractivity contribution in [1.82, 2.24) is 24.4 Å². The molecule has 1 saturated heterocycles. The molecule has 0 amide bonds. The van der Waals surface area contributed by atoms with Crippen molar-refractivity contribution < 1.29 is 4.74 Å².